The normalized spacial score (nSPS) is 10.8. The summed E-state index contributed by atoms with van der Waals surface area (Å²) in [6, 6.07) is 3.71. The van der Waals surface area contributed by atoms with E-state index in [-0.39, 0.29) is 0 Å². The zero-order chi connectivity index (χ0) is 14.5. The number of aryl methyl sites for hydroxylation is 1. The molecule has 5 nitrogen and oxygen atoms in total. The second-order valence-electron chi connectivity index (χ2n) is 4.10. The number of benzene rings is 1. The summed E-state index contributed by atoms with van der Waals surface area (Å²) >= 11 is 0. The second kappa shape index (κ2) is 6.14. The van der Waals surface area contributed by atoms with Crippen molar-refractivity contribution in [1.82, 2.24) is 4.98 Å². The van der Waals surface area contributed by atoms with Gasteiger partial charge in [-0.1, -0.05) is 0 Å². The summed E-state index contributed by atoms with van der Waals surface area (Å²) in [5.74, 6) is 3.11. The molecule has 0 radical (unpaired) electrons. The van der Waals surface area contributed by atoms with E-state index in [1.807, 2.05) is 25.1 Å². The highest BCUT2D eigenvalue weighted by Crippen LogP contribution is 2.38. The Kier molecular flexibility index (Phi) is 4.30. The van der Waals surface area contributed by atoms with Gasteiger partial charge in [-0.15, -0.1) is 0 Å². The van der Waals surface area contributed by atoms with Crippen LogP contribution in [0, 0.1) is 6.92 Å². The molecular weight excluding hydrogens is 258 g/mol. The SMILES string of the molecule is COc1cc(/C=C/c2ncc(C)o2)cc(OC)c1OC. The Morgan fingerprint density at radius 2 is 1.65 bits per heavy atom. The van der Waals surface area contributed by atoms with E-state index in [9.17, 15) is 0 Å². The summed E-state index contributed by atoms with van der Waals surface area (Å²) in [6.45, 7) is 1.85. The Bertz CT molecular complexity index is 591. The van der Waals surface area contributed by atoms with Crippen LogP contribution in [0.4, 0.5) is 0 Å². The van der Waals surface area contributed by atoms with Crippen LogP contribution in [0.15, 0.2) is 22.7 Å². The number of nitrogens with zero attached hydrogens (tertiary/aromatic N) is 1. The summed E-state index contributed by atoms with van der Waals surface area (Å²) in [4.78, 5) is 4.11. The third-order valence-electron chi connectivity index (χ3n) is 2.74. The van der Waals surface area contributed by atoms with Crippen LogP contribution in [0.3, 0.4) is 0 Å². The van der Waals surface area contributed by atoms with Crippen LogP contribution in [0.25, 0.3) is 12.2 Å². The van der Waals surface area contributed by atoms with Crippen molar-refractivity contribution in [3.05, 3.63) is 35.5 Å². The van der Waals surface area contributed by atoms with Gasteiger partial charge in [0.05, 0.1) is 27.5 Å². The predicted octanol–water partition coefficient (Wildman–Crippen LogP) is 3.18. The Morgan fingerprint density at radius 1 is 1.00 bits per heavy atom. The minimum atomic E-state index is 0.552. The van der Waals surface area contributed by atoms with E-state index < -0.39 is 0 Å². The van der Waals surface area contributed by atoms with Crippen LogP contribution in [0.1, 0.15) is 17.2 Å². The number of rotatable bonds is 5. The lowest BCUT2D eigenvalue weighted by atomic mass is 10.1. The highest BCUT2D eigenvalue weighted by atomic mass is 16.5. The number of ether oxygens (including phenoxy) is 3. The van der Waals surface area contributed by atoms with Crippen molar-refractivity contribution in [2.24, 2.45) is 0 Å². The molecule has 1 aromatic carbocycles. The van der Waals surface area contributed by atoms with Gasteiger partial charge in [0.1, 0.15) is 5.76 Å². The van der Waals surface area contributed by atoms with Crippen LogP contribution in [-0.2, 0) is 0 Å². The van der Waals surface area contributed by atoms with Gasteiger partial charge in [0, 0.05) is 6.08 Å². The van der Waals surface area contributed by atoms with Crippen molar-refractivity contribution >= 4 is 12.2 Å². The Morgan fingerprint density at radius 3 is 2.10 bits per heavy atom. The van der Waals surface area contributed by atoms with Gasteiger partial charge >= 0.3 is 0 Å². The summed E-state index contributed by atoms with van der Waals surface area (Å²) in [7, 11) is 4.75. The van der Waals surface area contributed by atoms with Gasteiger partial charge < -0.3 is 18.6 Å². The van der Waals surface area contributed by atoms with E-state index in [1.165, 1.54) is 0 Å². The summed E-state index contributed by atoms with van der Waals surface area (Å²) < 4.78 is 21.2. The first-order chi connectivity index (χ1) is 9.67. The Hall–Kier alpha value is -2.43. The average Bonchev–Trinajstić information content (AvgIpc) is 2.89. The number of methoxy groups -OCH3 is 3. The lowest BCUT2D eigenvalue weighted by Gasteiger charge is -2.12. The summed E-state index contributed by atoms with van der Waals surface area (Å²) in [5, 5.41) is 0. The molecule has 1 aromatic heterocycles. The monoisotopic (exact) mass is 275 g/mol. The van der Waals surface area contributed by atoms with E-state index >= 15 is 0 Å². The van der Waals surface area contributed by atoms with Crippen LogP contribution in [-0.4, -0.2) is 26.3 Å². The molecule has 0 amide bonds. The van der Waals surface area contributed by atoms with E-state index in [0.717, 1.165) is 11.3 Å². The third kappa shape index (κ3) is 2.93. The highest BCUT2D eigenvalue weighted by Gasteiger charge is 2.12. The van der Waals surface area contributed by atoms with E-state index in [4.69, 9.17) is 18.6 Å². The fourth-order valence-electron chi connectivity index (χ4n) is 1.81. The summed E-state index contributed by atoms with van der Waals surface area (Å²) in [6.07, 6.45) is 5.33. The molecule has 0 aliphatic heterocycles. The van der Waals surface area contributed by atoms with Gasteiger partial charge in [-0.2, -0.15) is 0 Å². The molecule has 2 aromatic rings. The minimum Gasteiger partial charge on any atom is -0.493 e. The Balaban J connectivity index is 2.34. The molecule has 0 atom stereocenters. The van der Waals surface area contributed by atoms with E-state index in [0.29, 0.717) is 23.1 Å². The molecular formula is C15H17NO4. The molecule has 0 aliphatic carbocycles. The van der Waals surface area contributed by atoms with Crippen molar-refractivity contribution in [3.63, 3.8) is 0 Å². The van der Waals surface area contributed by atoms with Gasteiger partial charge in [0.2, 0.25) is 11.6 Å². The molecule has 0 saturated heterocycles. The van der Waals surface area contributed by atoms with Gasteiger partial charge in [-0.05, 0) is 30.7 Å². The topological polar surface area (TPSA) is 53.7 Å². The number of hydrogen-bond donors (Lipinski definition) is 0. The molecule has 5 heteroatoms. The zero-order valence-corrected chi connectivity index (χ0v) is 12.0. The number of aromatic nitrogens is 1. The first-order valence-electron chi connectivity index (χ1n) is 6.08. The molecule has 0 unspecified atom stereocenters. The maximum Gasteiger partial charge on any atom is 0.218 e. The lowest BCUT2D eigenvalue weighted by Crippen LogP contribution is -1.95. The van der Waals surface area contributed by atoms with Gasteiger partial charge in [0.25, 0.3) is 0 Å². The maximum atomic E-state index is 5.38. The smallest absolute Gasteiger partial charge is 0.218 e. The number of oxazole rings is 1. The Labute approximate surface area is 117 Å². The van der Waals surface area contributed by atoms with Crippen molar-refractivity contribution in [2.75, 3.05) is 21.3 Å². The fourth-order valence-corrected chi connectivity index (χ4v) is 1.81. The van der Waals surface area contributed by atoms with Crippen molar-refractivity contribution in [1.29, 1.82) is 0 Å². The van der Waals surface area contributed by atoms with Crippen LogP contribution < -0.4 is 14.2 Å². The van der Waals surface area contributed by atoms with Crippen molar-refractivity contribution in [2.45, 2.75) is 6.92 Å². The highest BCUT2D eigenvalue weighted by molar-refractivity contribution is 5.70. The molecule has 0 fully saturated rings. The molecule has 2 rings (SSSR count). The molecule has 0 aliphatic rings. The van der Waals surface area contributed by atoms with E-state index in [2.05, 4.69) is 4.98 Å². The molecule has 106 valence electrons. The average molecular weight is 275 g/mol. The first-order valence-corrected chi connectivity index (χ1v) is 6.08. The zero-order valence-electron chi connectivity index (χ0n) is 12.0. The first kappa shape index (κ1) is 14.0. The fraction of sp³-hybridized carbons (Fsp3) is 0.267. The quantitative estimate of drug-likeness (QED) is 0.838. The largest absolute Gasteiger partial charge is 0.493 e. The van der Waals surface area contributed by atoms with Gasteiger partial charge in [0.15, 0.2) is 11.5 Å². The summed E-state index contributed by atoms with van der Waals surface area (Å²) in [5.41, 5.74) is 0.898. The molecule has 0 saturated carbocycles. The minimum absolute atomic E-state index is 0.552. The van der Waals surface area contributed by atoms with Crippen LogP contribution >= 0.6 is 0 Å². The molecule has 1 heterocycles. The van der Waals surface area contributed by atoms with Crippen LogP contribution in [0.2, 0.25) is 0 Å². The molecule has 0 N–H and O–H groups in total. The van der Waals surface area contributed by atoms with Crippen molar-refractivity contribution in [3.8, 4) is 17.2 Å². The van der Waals surface area contributed by atoms with Gasteiger partial charge in [-0.25, -0.2) is 4.98 Å². The van der Waals surface area contributed by atoms with Crippen molar-refractivity contribution < 1.29 is 18.6 Å². The van der Waals surface area contributed by atoms with E-state index in [1.54, 1.807) is 33.6 Å². The molecule has 20 heavy (non-hydrogen) atoms. The predicted molar refractivity (Wildman–Crippen MR) is 76.3 cm³/mol. The molecule has 0 bridgehead atoms. The maximum absolute atomic E-state index is 5.38. The number of hydrogen-bond acceptors (Lipinski definition) is 5. The lowest BCUT2D eigenvalue weighted by molar-refractivity contribution is 0.324. The standard InChI is InChI=1S/C15H17NO4/c1-10-9-16-14(20-10)6-5-11-7-12(17-2)15(19-4)13(8-11)18-3/h5-9H,1-4H3/b6-5+. The molecule has 0 spiro atoms. The second-order valence-corrected chi connectivity index (χ2v) is 4.10. The van der Waals surface area contributed by atoms with Gasteiger partial charge in [-0.3, -0.25) is 0 Å². The third-order valence-corrected chi connectivity index (χ3v) is 2.74. The van der Waals surface area contributed by atoms with Crippen LogP contribution in [0.5, 0.6) is 17.2 Å².